The van der Waals surface area contributed by atoms with E-state index in [0.717, 1.165) is 0 Å². The fourth-order valence-corrected chi connectivity index (χ4v) is 4.06. The lowest BCUT2D eigenvalue weighted by molar-refractivity contribution is 0.0696. The number of carboxylic acid groups (broad SMARTS) is 1. The van der Waals surface area contributed by atoms with Gasteiger partial charge >= 0.3 is 5.97 Å². The molecule has 2 N–H and O–H groups in total. The van der Waals surface area contributed by atoms with Gasteiger partial charge in [0.1, 0.15) is 0 Å². The third-order valence-electron chi connectivity index (χ3n) is 3.47. The van der Waals surface area contributed by atoms with Gasteiger partial charge in [0.05, 0.1) is 10.3 Å². The molecule has 1 saturated carbocycles. The topological polar surface area (TPSA) is 83.5 Å². The smallest absolute Gasteiger partial charge is 0.336 e. The number of halogens is 1. The first kappa shape index (κ1) is 14.3. The number of carbonyl (C=O) groups is 1. The summed E-state index contributed by atoms with van der Waals surface area (Å²) in [5.41, 5.74) is 0.307. The predicted octanol–water partition coefficient (Wildman–Crippen LogP) is 2.83. The molecule has 5 nitrogen and oxygen atoms in total. The maximum absolute atomic E-state index is 12.2. The van der Waals surface area contributed by atoms with Gasteiger partial charge in [-0.05, 0) is 53.4 Å². The Balaban J connectivity index is 2.30. The van der Waals surface area contributed by atoms with Crippen LogP contribution in [0, 0.1) is 0 Å². The lowest BCUT2D eigenvalue weighted by atomic mass is 10.2. The number of sulfonamides is 1. The van der Waals surface area contributed by atoms with Crippen LogP contribution in [0.3, 0.4) is 0 Å². The van der Waals surface area contributed by atoms with Gasteiger partial charge in [-0.15, -0.1) is 0 Å². The van der Waals surface area contributed by atoms with E-state index < -0.39 is 20.7 Å². The molecule has 7 heteroatoms. The van der Waals surface area contributed by atoms with Crippen molar-refractivity contribution in [2.45, 2.75) is 30.9 Å². The zero-order valence-electron chi connectivity index (χ0n) is 10.3. The molecule has 1 fully saturated rings. The van der Waals surface area contributed by atoms with Crippen LogP contribution in [0.2, 0.25) is 0 Å². The molecule has 2 rings (SSSR count). The second-order valence-electron chi connectivity index (χ2n) is 4.64. The molecule has 0 amide bonds. The van der Waals surface area contributed by atoms with Gasteiger partial charge in [0, 0.05) is 10.2 Å². The van der Waals surface area contributed by atoms with Crippen LogP contribution in [0.1, 0.15) is 36.5 Å². The Bertz CT molecular complexity index is 623. The second kappa shape index (κ2) is 4.79. The van der Waals surface area contributed by atoms with Gasteiger partial charge in [0.25, 0.3) is 0 Å². The van der Waals surface area contributed by atoms with Gasteiger partial charge < -0.3 is 5.11 Å². The molecule has 0 atom stereocenters. The maximum Gasteiger partial charge on any atom is 0.336 e. The van der Waals surface area contributed by atoms with Crippen LogP contribution in [-0.4, -0.2) is 24.2 Å². The number of anilines is 1. The highest BCUT2D eigenvalue weighted by Crippen LogP contribution is 2.46. The third-order valence-corrected chi connectivity index (χ3v) is 6.50. The number of hydrogen-bond donors (Lipinski definition) is 2. The zero-order chi connectivity index (χ0) is 14.3. The van der Waals surface area contributed by atoms with Crippen LogP contribution in [0.4, 0.5) is 5.69 Å². The van der Waals surface area contributed by atoms with Crippen LogP contribution in [0.25, 0.3) is 0 Å². The fraction of sp³-hybridized carbons (Fsp3) is 0.417. The average Bonchev–Trinajstić information content (AvgIpc) is 3.12. The first-order valence-electron chi connectivity index (χ1n) is 5.86. The van der Waals surface area contributed by atoms with Crippen molar-refractivity contribution < 1.29 is 18.3 Å². The summed E-state index contributed by atoms with van der Waals surface area (Å²) < 4.78 is 26.6. The Hall–Kier alpha value is -1.08. The Morgan fingerprint density at radius 1 is 1.47 bits per heavy atom. The maximum atomic E-state index is 12.2. The first-order chi connectivity index (χ1) is 8.81. The van der Waals surface area contributed by atoms with Crippen LogP contribution in [-0.2, 0) is 10.0 Å². The summed E-state index contributed by atoms with van der Waals surface area (Å²) in [5, 5.41) is 9.00. The molecule has 0 aliphatic heterocycles. The molecule has 19 heavy (non-hydrogen) atoms. The lowest BCUT2D eigenvalue weighted by Crippen LogP contribution is -2.29. The summed E-state index contributed by atoms with van der Waals surface area (Å²) >= 11 is 3.12. The minimum Gasteiger partial charge on any atom is -0.478 e. The summed E-state index contributed by atoms with van der Waals surface area (Å²) in [6.45, 7) is 1.84. The van der Waals surface area contributed by atoms with Crippen LogP contribution in [0.15, 0.2) is 22.7 Å². The van der Waals surface area contributed by atoms with E-state index >= 15 is 0 Å². The summed E-state index contributed by atoms with van der Waals surface area (Å²) in [7, 11) is -3.47. The largest absolute Gasteiger partial charge is 0.478 e. The van der Waals surface area contributed by atoms with E-state index in [-0.39, 0.29) is 11.3 Å². The molecular weight excluding hydrogens is 334 g/mol. The van der Waals surface area contributed by atoms with E-state index in [1.54, 1.807) is 6.07 Å². The SMILES string of the molecule is CCC1(S(=O)(=O)Nc2ccc(Br)c(C(=O)O)c2)CC1. The Kier molecular flexibility index (Phi) is 3.61. The number of aromatic carboxylic acids is 1. The van der Waals surface area contributed by atoms with Crippen molar-refractivity contribution in [1.29, 1.82) is 0 Å². The average molecular weight is 348 g/mol. The van der Waals surface area contributed by atoms with E-state index in [4.69, 9.17) is 5.11 Å². The number of rotatable bonds is 5. The fourth-order valence-electron chi connectivity index (χ4n) is 1.97. The molecule has 0 bridgehead atoms. The molecule has 0 saturated heterocycles. The molecule has 0 unspecified atom stereocenters. The van der Waals surface area contributed by atoms with E-state index in [1.807, 2.05) is 6.92 Å². The van der Waals surface area contributed by atoms with E-state index in [0.29, 0.717) is 23.7 Å². The van der Waals surface area contributed by atoms with Crippen molar-refractivity contribution in [2.75, 3.05) is 4.72 Å². The minimum absolute atomic E-state index is 0.0292. The molecule has 1 aliphatic rings. The monoisotopic (exact) mass is 347 g/mol. The molecule has 104 valence electrons. The van der Waals surface area contributed by atoms with Crippen molar-refractivity contribution in [1.82, 2.24) is 0 Å². The number of carboxylic acids is 1. The quantitative estimate of drug-likeness (QED) is 0.857. The predicted molar refractivity (Wildman–Crippen MR) is 75.9 cm³/mol. The molecular formula is C12H14BrNO4S. The van der Waals surface area contributed by atoms with Gasteiger partial charge in [-0.3, -0.25) is 4.72 Å². The zero-order valence-corrected chi connectivity index (χ0v) is 12.7. The second-order valence-corrected chi connectivity index (χ2v) is 7.57. The summed E-state index contributed by atoms with van der Waals surface area (Å²) in [4.78, 5) is 11.0. The Morgan fingerprint density at radius 3 is 2.58 bits per heavy atom. The molecule has 1 aliphatic carbocycles. The first-order valence-corrected chi connectivity index (χ1v) is 8.14. The van der Waals surface area contributed by atoms with Gasteiger partial charge in [0.2, 0.25) is 10.0 Å². The molecule has 0 radical (unpaired) electrons. The van der Waals surface area contributed by atoms with Gasteiger partial charge in [-0.1, -0.05) is 6.92 Å². The van der Waals surface area contributed by atoms with Crippen LogP contribution >= 0.6 is 15.9 Å². The van der Waals surface area contributed by atoms with Gasteiger partial charge in [-0.25, -0.2) is 13.2 Å². The summed E-state index contributed by atoms with van der Waals surface area (Å²) in [6, 6.07) is 4.38. The highest BCUT2D eigenvalue weighted by atomic mass is 79.9. The normalized spacial score (nSPS) is 16.9. The van der Waals surface area contributed by atoms with Crippen molar-refractivity contribution in [3.05, 3.63) is 28.2 Å². The lowest BCUT2D eigenvalue weighted by Gasteiger charge is -2.16. The standard InChI is InChI=1S/C12H14BrNO4S/c1-2-12(5-6-12)19(17,18)14-8-3-4-10(13)9(7-8)11(15)16/h3-4,7,14H,2,5-6H2,1H3,(H,15,16). The number of nitrogens with one attached hydrogen (secondary N) is 1. The number of benzene rings is 1. The van der Waals surface area contributed by atoms with E-state index in [1.165, 1.54) is 12.1 Å². The summed E-state index contributed by atoms with van der Waals surface area (Å²) in [6.07, 6.45) is 1.87. The highest BCUT2D eigenvalue weighted by molar-refractivity contribution is 9.10. The molecule has 0 aromatic heterocycles. The summed E-state index contributed by atoms with van der Waals surface area (Å²) in [5.74, 6) is -1.11. The third kappa shape index (κ3) is 2.62. The number of hydrogen-bond acceptors (Lipinski definition) is 3. The van der Waals surface area contributed by atoms with E-state index in [2.05, 4.69) is 20.7 Å². The van der Waals surface area contributed by atoms with Gasteiger partial charge in [-0.2, -0.15) is 0 Å². The van der Waals surface area contributed by atoms with Crippen molar-refractivity contribution in [3.63, 3.8) is 0 Å². The Morgan fingerprint density at radius 2 is 2.11 bits per heavy atom. The molecule has 1 aromatic carbocycles. The Labute approximate surface area is 120 Å². The highest BCUT2D eigenvalue weighted by Gasteiger charge is 2.53. The van der Waals surface area contributed by atoms with Crippen LogP contribution < -0.4 is 4.72 Å². The van der Waals surface area contributed by atoms with E-state index in [9.17, 15) is 13.2 Å². The minimum atomic E-state index is -3.47. The molecule has 0 heterocycles. The van der Waals surface area contributed by atoms with Crippen molar-refractivity contribution >= 4 is 37.6 Å². The molecule has 1 aromatic rings. The van der Waals surface area contributed by atoms with Crippen LogP contribution in [0.5, 0.6) is 0 Å². The van der Waals surface area contributed by atoms with Gasteiger partial charge in [0.15, 0.2) is 0 Å². The van der Waals surface area contributed by atoms with Crippen molar-refractivity contribution in [2.24, 2.45) is 0 Å². The molecule has 0 spiro atoms. The van der Waals surface area contributed by atoms with Crippen molar-refractivity contribution in [3.8, 4) is 0 Å².